The van der Waals surface area contributed by atoms with Gasteiger partial charge in [0.1, 0.15) is 5.01 Å². The van der Waals surface area contributed by atoms with Gasteiger partial charge in [0.15, 0.2) is 0 Å². The maximum absolute atomic E-state index is 12.6. The molecule has 0 spiro atoms. The van der Waals surface area contributed by atoms with Crippen molar-refractivity contribution in [1.29, 1.82) is 0 Å². The first-order valence-electron chi connectivity index (χ1n) is 11.1. The summed E-state index contributed by atoms with van der Waals surface area (Å²) in [7, 11) is 0. The molecule has 1 fully saturated rings. The highest BCUT2D eigenvalue weighted by molar-refractivity contribution is 7.15. The molecule has 3 amide bonds. The predicted octanol–water partition coefficient (Wildman–Crippen LogP) is 4.87. The highest BCUT2D eigenvalue weighted by Gasteiger charge is 2.29. The Kier molecular flexibility index (Phi) is 7.70. The zero-order chi connectivity index (χ0) is 22.5. The summed E-state index contributed by atoms with van der Waals surface area (Å²) in [4.78, 5) is 30.7. The number of amides is 3. The van der Waals surface area contributed by atoms with E-state index in [4.69, 9.17) is 4.98 Å². The summed E-state index contributed by atoms with van der Waals surface area (Å²) in [5, 5.41) is 10.1. The van der Waals surface area contributed by atoms with E-state index in [1.54, 1.807) is 11.3 Å². The van der Waals surface area contributed by atoms with Gasteiger partial charge in [-0.3, -0.25) is 4.79 Å². The van der Waals surface area contributed by atoms with E-state index in [0.717, 1.165) is 40.4 Å². The van der Waals surface area contributed by atoms with Crippen LogP contribution in [0.2, 0.25) is 0 Å². The fourth-order valence-electron chi connectivity index (χ4n) is 4.08. The molecule has 1 aromatic carbocycles. The van der Waals surface area contributed by atoms with E-state index in [2.05, 4.69) is 47.1 Å². The molecule has 3 N–H and O–H groups in total. The molecule has 1 saturated carbocycles. The number of hydrogen-bond donors (Lipinski definition) is 3. The van der Waals surface area contributed by atoms with Crippen LogP contribution in [0, 0.1) is 19.8 Å². The number of benzene rings is 1. The van der Waals surface area contributed by atoms with E-state index in [1.807, 2.05) is 27.7 Å². The summed E-state index contributed by atoms with van der Waals surface area (Å²) in [5.41, 5.74) is 3.25. The Bertz CT molecular complexity index is 907. The molecule has 1 aromatic heterocycles. The summed E-state index contributed by atoms with van der Waals surface area (Å²) in [6.45, 7) is 9.98. The second kappa shape index (κ2) is 10.3. The average Bonchev–Trinajstić information content (AvgIpc) is 3.10. The zero-order valence-electron chi connectivity index (χ0n) is 19.1. The number of nitrogens with zero attached hydrogens (tertiary/aromatic N) is 1. The van der Waals surface area contributed by atoms with Gasteiger partial charge in [-0.05, 0) is 53.9 Å². The van der Waals surface area contributed by atoms with Crippen LogP contribution in [0.25, 0.3) is 10.6 Å². The summed E-state index contributed by atoms with van der Waals surface area (Å²) < 4.78 is 0. The molecular formula is C24H34N4O2S. The van der Waals surface area contributed by atoms with Crippen molar-refractivity contribution in [1.82, 2.24) is 20.9 Å². The van der Waals surface area contributed by atoms with Crippen LogP contribution in [0.3, 0.4) is 0 Å². The van der Waals surface area contributed by atoms with Gasteiger partial charge in [0.25, 0.3) is 0 Å². The third-order valence-corrected chi connectivity index (χ3v) is 7.07. The van der Waals surface area contributed by atoms with E-state index in [-0.39, 0.29) is 36.0 Å². The average molecular weight is 443 g/mol. The Morgan fingerprint density at radius 2 is 1.77 bits per heavy atom. The summed E-state index contributed by atoms with van der Waals surface area (Å²) in [5.74, 6) is 0.0684. The molecule has 3 rings (SSSR count). The van der Waals surface area contributed by atoms with Crippen LogP contribution in [0.5, 0.6) is 0 Å². The minimum atomic E-state index is -0.188. The molecule has 2 aromatic rings. The van der Waals surface area contributed by atoms with Crippen LogP contribution < -0.4 is 16.0 Å². The highest BCUT2D eigenvalue weighted by Crippen LogP contribution is 2.32. The van der Waals surface area contributed by atoms with Crippen molar-refractivity contribution in [2.45, 2.75) is 78.4 Å². The van der Waals surface area contributed by atoms with E-state index >= 15 is 0 Å². The molecule has 0 bridgehead atoms. The number of rotatable bonds is 6. The van der Waals surface area contributed by atoms with Crippen molar-refractivity contribution in [3.05, 3.63) is 40.4 Å². The Hall–Kier alpha value is -2.41. The second-order valence-corrected chi connectivity index (χ2v) is 9.93. The van der Waals surface area contributed by atoms with Gasteiger partial charge in [-0.2, -0.15) is 0 Å². The van der Waals surface area contributed by atoms with Crippen molar-refractivity contribution in [2.24, 2.45) is 5.92 Å². The fraction of sp³-hybridized carbons (Fsp3) is 0.542. The van der Waals surface area contributed by atoms with Gasteiger partial charge < -0.3 is 16.0 Å². The Labute approximate surface area is 189 Å². The number of urea groups is 1. The monoisotopic (exact) mass is 442 g/mol. The normalized spacial score (nSPS) is 19.7. The minimum Gasteiger partial charge on any atom is -0.354 e. The van der Waals surface area contributed by atoms with Crippen molar-refractivity contribution in [2.75, 3.05) is 0 Å². The molecule has 1 aliphatic carbocycles. The summed E-state index contributed by atoms with van der Waals surface area (Å²) in [6, 6.07) is 8.16. The molecule has 3 atom stereocenters. The molecule has 1 heterocycles. The molecule has 0 aliphatic heterocycles. The van der Waals surface area contributed by atoms with Crippen LogP contribution in [-0.2, 0) is 4.79 Å². The lowest BCUT2D eigenvalue weighted by molar-refractivity contribution is -0.126. The molecule has 6 nitrogen and oxygen atoms in total. The molecule has 31 heavy (non-hydrogen) atoms. The lowest BCUT2D eigenvalue weighted by Gasteiger charge is -2.30. The first-order valence-corrected chi connectivity index (χ1v) is 12.0. The molecule has 0 saturated heterocycles. The van der Waals surface area contributed by atoms with E-state index in [0.29, 0.717) is 6.42 Å². The number of carbonyl (C=O) groups is 2. The van der Waals surface area contributed by atoms with Gasteiger partial charge in [0.05, 0.1) is 16.6 Å². The van der Waals surface area contributed by atoms with Gasteiger partial charge in [-0.1, -0.05) is 36.2 Å². The highest BCUT2D eigenvalue weighted by atomic mass is 32.1. The maximum Gasteiger partial charge on any atom is 0.315 e. The van der Waals surface area contributed by atoms with Crippen molar-refractivity contribution in [3.63, 3.8) is 0 Å². The maximum atomic E-state index is 12.6. The van der Waals surface area contributed by atoms with Crippen LogP contribution >= 0.6 is 11.3 Å². The lowest BCUT2D eigenvalue weighted by atomic mass is 9.85. The SMILES string of the molecule is Cc1ccc(-c2nc(C)c(C(C)NC(=O)NC3CCCC(C(=O)NC(C)C)C3)s2)cc1. The number of hydrogen-bond acceptors (Lipinski definition) is 4. The number of nitrogens with one attached hydrogen (secondary N) is 3. The number of carbonyl (C=O) groups excluding carboxylic acids is 2. The van der Waals surface area contributed by atoms with E-state index in [9.17, 15) is 9.59 Å². The zero-order valence-corrected chi connectivity index (χ0v) is 19.9. The molecule has 0 radical (unpaired) electrons. The molecule has 3 unspecified atom stereocenters. The smallest absolute Gasteiger partial charge is 0.315 e. The molecule has 1 aliphatic rings. The standard InChI is InChI=1S/C24H34N4O2S/c1-14(2)25-22(29)19-7-6-8-20(13-19)28-24(30)27-17(5)21-16(4)26-23(31-21)18-11-9-15(3)10-12-18/h9-12,14,17,19-20H,6-8,13H2,1-5H3,(H,25,29)(H2,27,28,30). The Morgan fingerprint density at radius 3 is 2.45 bits per heavy atom. The lowest BCUT2D eigenvalue weighted by Crippen LogP contribution is -2.47. The summed E-state index contributed by atoms with van der Waals surface area (Å²) in [6.07, 6.45) is 3.43. The van der Waals surface area contributed by atoms with Gasteiger partial charge in [-0.15, -0.1) is 11.3 Å². The number of thiazole rings is 1. The third-order valence-electron chi connectivity index (χ3n) is 5.68. The second-order valence-electron chi connectivity index (χ2n) is 8.90. The third kappa shape index (κ3) is 6.29. The van der Waals surface area contributed by atoms with Gasteiger partial charge in [0.2, 0.25) is 5.91 Å². The first-order chi connectivity index (χ1) is 14.7. The Balaban J connectivity index is 1.57. The van der Waals surface area contributed by atoms with Crippen molar-refractivity contribution in [3.8, 4) is 10.6 Å². The minimum absolute atomic E-state index is 0.0227. The molecule has 168 valence electrons. The van der Waals surface area contributed by atoms with Gasteiger partial charge in [-0.25, -0.2) is 9.78 Å². The van der Waals surface area contributed by atoms with Gasteiger partial charge >= 0.3 is 6.03 Å². The number of aromatic nitrogens is 1. The van der Waals surface area contributed by atoms with Crippen LogP contribution in [0.1, 0.15) is 68.6 Å². The van der Waals surface area contributed by atoms with Crippen molar-refractivity contribution < 1.29 is 9.59 Å². The Morgan fingerprint density at radius 1 is 1.06 bits per heavy atom. The van der Waals surface area contributed by atoms with Crippen LogP contribution in [0.4, 0.5) is 4.79 Å². The fourth-order valence-corrected chi connectivity index (χ4v) is 5.15. The first kappa shape index (κ1) is 23.3. The molecular weight excluding hydrogens is 408 g/mol. The van der Waals surface area contributed by atoms with E-state index in [1.165, 1.54) is 5.56 Å². The van der Waals surface area contributed by atoms with E-state index < -0.39 is 0 Å². The van der Waals surface area contributed by atoms with Crippen LogP contribution in [0.15, 0.2) is 24.3 Å². The summed E-state index contributed by atoms with van der Waals surface area (Å²) >= 11 is 1.62. The molecule has 7 heteroatoms. The van der Waals surface area contributed by atoms with Crippen LogP contribution in [-0.4, -0.2) is 29.0 Å². The predicted molar refractivity (Wildman–Crippen MR) is 126 cm³/mol. The topological polar surface area (TPSA) is 83.1 Å². The quantitative estimate of drug-likeness (QED) is 0.597. The van der Waals surface area contributed by atoms with Gasteiger partial charge in [0, 0.05) is 23.6 Å². The largest absolute Gasteiger partial charge is 0.354 e. The number of aryl methyl sites for hydroxylation is 2. The van der Waals surface area contributed by atoms with Crippen molar-refractivity contribution >= 4 is 23.3 Å².